The molecule has 4 heterocycles. The lowest BCUT2D eigenvalue weighted by Crippen LogP contribution is -2.23. The van der Waals surface area contributed by atoms with E-state index in [1.807, 2.05) is 36.9 Å². The van der Waals surface area contributed by atoms with E-state index in [1.165, 1.54) is 0 Å². The summed E-state index contributed by atoms with van der Waals surface area (Å²) >= 11 is 3.42. The minimum Gasteiger partial charge on any atom is -0.298 e. The maximum atomic E-state index is 4.71. The Balaban J connectivity index is 1.50. The Kier molecular flexibility index (Phi) is 7.45. The third-order valence-electron chi connectivity index (χ3n) is 6.64. The van der Waals surface area contributed by atoms with Crippen molar-refractivity contribution in [2.24, 2.45) is 0 Å². The van der Waals surface area contributed by atoms with Crippen molar-refractivity contribution >= 4 is 46.3 Å². The molecule has 0 N–H and O–H groups in total. The quantitative estimate of drug-likeness (QED) is 0.232. The maximum absolute atomic E-state index is 4.71. The van der Waals surface area contributed by atoms with E-state index >= 15 is 0 Å². The Morgan fingerprint density at radius 3 is 1.20 bits per heavy atom. The van der Waals surface area contributed by atoms with Gasteiger partial charge in [0.2, 0.25) is 0 Å². The molecule has 0 unspecified atom stereocenters. The second-order valence-corrected chi connectivity index (χ2v) is 11.9. The van der Waals surface area contributed by atoms with Crippen LogP contribution in [-0.2, 0) is 0 Å². The van der Waals surface area contributed by atoms with Gasteiger partial charge in [0.25, 0.3) is 0 Å². The van der Waals surface area contributed by atoms with Gasteiger partial charge >= 0.3 is 0 Å². The van der Waals surface area contributed by atoms with E-state index in [0.29, 0.717) is 0 Å². The Labute approximate surface area is 244 Å². The highest BCUT2D eigenvalue weighted by Gasteiger charge is 2.35. The average molecular weight is 563 g/mol. The SMILES string of the molecule is CC(C)c1ncc(N2C(c3ccccc3)=CS/C2=C2/SC=C(c3ccccc3)N2c2cnc(C(C)C)nc2)cn1. The van der Waals surface area contributed by atoms with E-state index in [-0.39, 0.29) is 11.8 Å². The first kappa shape index (κ1) is 26.3. The minimum atomic E-state index is 0.260. The molecular formula is C32H30N6S2. The summed E-state index contributed by atoms with van der Waals surface area (Å²) in [5, 5.41) is 6.59. The summed E-state index contributed by atoms with van der Waals surface area (Å²) < 4.78 is 0. The summed E-state index contributed by atoms with van der Waals surface area (Å²) in [7, 11) is 0. The molecule has 0 aliphatic carbocycles. The van der Waals surface area contributed by atoms with Crippen LogP contribution in [0.1, 0.15) is 62.3 Å². The molecule has 2 aromatic heterocycles. The summed E-state index contributed by atoms with van der Waals surface area (Å²) in [6.45, 7) is 8.44. The molecule has 2 aliphatic rings. The van der Waals surface area contributed by atoms with Crippen LogP contribution in [0, 0.1) is 0 Å². The number of thioether (sulfide) groups is 2. The van der Waals surface area contributed by atoms with E-state index in [2.05, 4.69) is 96.8 Å². The van der Waals surface area contributed by atoms with Gasteiger partial charge in [0, 0.05) is 22.7 Å². The average Bonchev–Trinajstić information content (AvgIpc) is 3.63. The van der Waals surface area contributed by atoms with Crippen molar-refractivity contribution in [2.75, 3.05) is 9.80 Å². The maximum Gasteiger partial charge on any atom is 0.130 e. The first-order chi connectivity index (χ1) is 19.5. The fourth-order valence-corrected chi connectivity index (χ4v) is 6.78. The molecule has 6 nitrogen and oxygen atoms in total. The second-order valence-electron chi connectivity index (χ2n) is 10.2. The first-order valence-corrected chi connectivity index (χ1v) is 15.1. The number of anilines is 2. The van der Waals surface area contributed by atoms with Crippen LogP contribution in [0.15, 0.2) is 106 Å². The highest BCUT2D eigenvalue weighted by molar-refractivity contribution is 8.10. The van der Waals surface area contributed by atoms with Crippen molar-refractivity contribution in [3.05, 3.63) is 129 Å². The molecule has 4 aromatic rings. The molecule has 200 valence electrons. The van der Waals surface area contributed by atoms with Crippen LogP contribution in [0.2, 0.25) is 0 Å². The lowest BCUT2D eigenvalue weighted by Gasteiger charge is -2.29. The van der Waals surface area contributed by atoms with Crippen LogP contribution < -0.4 is 9.80 Å². The summed E-state index contributed by atoms with van der Waals surface area (Å²) in [6, 6.07) is 20.9. The molecule has 8 heteroatoms. The molecule has 0 radical (unpaired) electrons. The zero-order valence-corrected chi connectivity index (χ0v) is 24.5. The van der Waals surface area contributed by atoms with Crippen LogP contribution in [0.3, 0.4) is 0 Å². The number of nitrogens with zero attached hydrogens (tertiary/aromatic N) is 6. The second kappa shape index (κ2) is 11.3. The highest BCUT2D eigenvalue weighted by atomic mass is 32.2. The van der Waals surface area contributed by atoms with Crippen molar-refractivity contribution in [1.29, 1.82) is 0 Å². The Hall–Kier alpha value is -3.88. The van der Waals surface area contributed by atoms with Gasteiger partial charge < -0.3 is 0 Å². The fourth-order valence-electron chi connectivity index (χ4n) is 4.56. The summed E-state index contributed by atoms with van der Waals surface area (Å²) in [5.74, 6) is 2.19. The van der Waals surface area contributed by atoms with Crippen molar-refractivity contribution < 1.29 is 0 Å². The number of aromatic nitrogens is 4. The number of hydrogen-bond acceptors (Lipinski definition) is 8. The van der Waals surface area contributed by atoms with Crippen molar-refractivity contribution in [3.63, 3.8) is 0 Å². The van der Waals surface area contributed by atoms with Gasteiger partial charge in [-0.15, -0.1) is 0 Å². The predicted octanol–water partition coefficient (Wildman–Crippen LogP) is 8.44. The lowest BCUT2D eigenvalue weighted by molar-refractivity contribution is 0.773. The van der Waals surface area contributed by atoms with Gasteiger partial charge in [-0.2, -0.15) is 0 Å². The molecule has 0 amide bonds. The molecule has 0 fully saturated rings. The van der Waals surface area contributed by atoms with Gasteiger partial charge in [-0.05, 0) is 11.1 Å². The van der Waals surface area contributed by atoms with Crippen molar-refractivity contribution in [2.45, 2.75) is 39.5 Å². The highest BCUT2D eigenvalue weighted by Crippen LogP contribution is 2.52. The predicted molar refractivity (Wildman–Crippen MR) is 168 cm³/mol. The topological polar surface area (TPSA) is 58.0 Å². The minimum absolute atomic E-state index is 0.260. The Morgan fingerprint density at radius 1 is 0.525 bits per heavy atom. The third-order valence-corrected chi connectivity index (χ3v) is 8.65. The molecule has 2 aromatic carbocycles. The summed E-state index contributed by atoms with van der Waals surface area (Å²) in [6.07, 6.45) is 7.73. The monoisotopic (exact) mass is 562 g/mol. The summed E-state index contributed by atoms with van der Waals surface area (Å²) in [4.78, 5) is 23.4. The zero-order chi connectivity index (χ0) is 27.6. The van der Waals surface area contributed by atoms with E-state index in [9.17, 15) is 0 Å². The molecule has 0 bridgehead atoms. The van der Waals surface area contributed by atoms with Crippen molar-refractivity contribution in [1.82, 2.24) is 19.9 Å². The van der Waals surface area contributed by atoms with E-state index in [1.54, 1.807) is 23.5 Å². The van der Waals surface area contributed by atoms with Gasteiger partial charge in [-0.1, -0.05) is 112 Å². The van der Waals surface area contributed by atoms with Crippen LogP contribution in [0.5, 0.6) is 0 Å². The standard InChI is InChI=1S/C32H30N6S2/c1-21(2)29-33-15-25(16-34-29)37-27(23-11-7-5-8-12-23)19-39-31(37)32-38(26-17-35-30(22(3)4)36-18-26)28(20-40-32)24-13-9-6-10-14-24/h5-22H,1-4H3/b32-31+. The third kappa shape index (κ3) is 5.05. The molecule has 0 saturated heterocycles. The van der Waals surface area contributed by atoms with Gasteiger partial charge in [0.05, 0.1) is 47.6 Å². The first-order valence-electron chi connectivity index (χ1n) is 13.3. The van der Waals surface area contributed by atoms with Gasteiger partial charge in [-0.3, -0.25) is 9.80 Å². The van der Waals surface area contributed by atoms with Gasteiger partial charge in [0.1, 0.15) is 21.7 Å². The van der Waals surface area contributed by atoms with Crippen LogP contribution in [-0.4, -0.2) is 19.9 Å². The molecule has 0 saturated carbocycles. The number of rotatable bonds is 6. The molecule has 2 aliphatic heterocycles. The Morgan fingerprint density at radius 2 is 0.875 bits per heavy atom. The molecule has 0 spiro atoms. The molecule has 0 atom stereocenters. The zero-order valence-electron chi connectivity index (χ0n) is 22.9. The van der Waals surface area contributed by atoms with Gasteiger partial charge in [0.15, 0.2) is 0 Å². The lowest BCUT2D eigenvalue weighted by atomic mass is 10.1. The number of benzene rings is 2. The van der Waals surface area contributed by atoms with Crippen LogP contribution in [0.4, 0.5) is 11.4 Å². The van der Waals surface area contributed by atoms with Crippen LogP contribution in [0.25, 0.3) is 11.4 Å². The molecule has 6 rings (SSSR count). The fraction of sp³-hybridized carbons (Fsp3) is 0.188. The van der Waals surface area contributed by atoms with E-state index in [0.717, 1.165) is 55.6 Å². The van der Waals surface area contributed by atoms with E-state index in [4.69, 9.17) is 19.9 Å². The van der Waals surface area contributed by atoms with Gasteiger partial charge in [-0.25, -0.2) is 19.9 Å². The Bertz CT molecular complexity index is 1460. The largest absolute Gasteiger partial charge is 0.298 e. The normalized spacial score (nSPS) is 17.1. The smallest absolute Gasteiger partial charge is 0.130 e. The number of hydrogen-bond donors (Lipinski definition) is 0. The van der Waals surface area contributed by atoms with E-state index < -0.39 is 0 Å². The summed E-state index contributed by atoms with van der Waals surface area (Å²) in [5.41, 5.74) is 6.30. The molecule has 40 heavy (non-hydrogen) atoms. The van der Waals surface area contributed by atoms with Crippen molar-refractivity contribution in [3.8, 4) is 0 Å². The molecular weight excluding hydrogens is 533 g/mol. The van der Waals surface area contributed by atoms with Crippen LogP contribution >= 0.6 is 23.5 Å².